The Bertz CT molecular complexity index is 358. The number of carbonyl (C=O) groups excluding carboxylic acids is 1. The first-order valence-corrected chi connectivity index (χ1v) is 8.69. The van der Waals surface area contributed by atoms with Gasteiger partial charge in [0.15, 0.2) is 0 Å². The minimum atomic E-state index is -0.849. The number of rotatable bonds is 5. The Balaban J connectivity index is 1.96. The summed E-state index contributed by atoms with van der Waals surface area (Å²) in [4.78, 5) is 12.1. The molecule has 0 aromatic carbocycles. The lowest BCUT2D eigenvalue weighted by molar-refractivity contribution is -0.131. The topological polar surface area (TPSA) is 49.3 Å². The van der Waals surface area contributed by atoms with Gasteiger partial charge in [-0.25, -0.2) is 0 Å². The number of aliphatic hydroxyl groups excluding tert-OH is 1. The van der Waals surface area contributed by atoms with E-state index in [2.05, 4.69) is 26.1 Å². The summed E-state index contributed by atoms with van der Waals surface area (Å²) in [6.45, 7) is 6.97. The molecule has 3 nitrogen and oxygen atoms in total. The van der Waals surface area contributed by atoms with E-state index in [1.165, 1.54) is 12.8 Å². The van der Waals surface area contributed by atoms with Gasteiger partial charge in [0, 0.05) is 6.04 Å². The van der Waals surface area contributed by atoms with Crippen molar-refractivity contribution in [2.24, 2.45) is 16.7 Å². The highest BCUT2D eigenvalue weighted by Gasteiger charge is 2.61. The van der Waals surface area contributed by atoms with Crippen LogP contribution in [0.5, 0.6) is 0 Å². The molecule has 4 atom stereocenters. The third-order valence-electron chi connectivity index (χ3n) is 6.01. The molecule has 110 valence electrons. The molecular formula is C15H27NO2S. The molecule has 19 heavy (non-hydrogen) atoms. The molecule has 2 aliphatic carbocycles. The molecule has 0 saturated heterocycles. The number of nitrogens with one attached hydrogen (secondary N) is 1. The third kappa shape index (κ3) is 2.42. The van der Waals surface area contributed by atoms with Crippen molar-refractivity contribution in [3.8, 4) is 0 Å². The predicted molar refractivity (Wildman–Crippen MR) is 80.2 cm³/mol. The first-order chi connectivity index (χ1) is 8.83. The van der Waals surface area contributed by atoms with Crippen molar-refractivity contribution in [1.29, 1.82) is 0 Å². The highest BCUT2D eigenvalue weighted by atomic mass is 32.2. The second-order valence-corrected chi connectivity index (χ2v) is 7.95. The monoisotopic (exact) mass is 285 g/mol. The maximum Gasteiger partial charge on any atom is 0.249 e. The average Bonchev–Trinajstić information content (AvgIpc) is 2.68. The van der Waals surface area contributed by atoms with Crippen molar-refractivity contribution >= 4 is 17.7 Å². The van der Waals surface area contributed by atoms with Gasteiger partial charge in [-0.15, -0.1) is 0 Å². The van der Waals surface area contributed by atoms with Crippen LogP contribution >= 0.6 is 11.8 Å². The van der Waals surface area contributed by atoms with E-state index in [9.17, 15) is 9.90 Å². The molecule has 0 aliphatic heterocycles. The highest BCUT2D eigenvalue weighted by Crippen LogP contribution is 2.65. The number of fused-ring (bicyclic) bond motifs is 2. The van der Waals surface area contributed by atoms with Gasteiger partial charge in [0.05, 0.1) is 0 Å². The van der Waals surface area contributed by atoms with Crippen molar-refractivity contribution < 1.29 is 9.90 Å². The molecule has 4 heteroatoms. The Hall–Kier alpha value is -0.220. The number of hydrogen-bond donors (Lipinski definition) is 2. The molecule has 2 bridgehead atoms. The average molecular weight is 285 g/mol. The molecule has 2 rings (SSSR count). The summed E-state index contributed by atoms with van der Waals surface area (Å²) in [5, 5.41) is 13.0. The molecule has 0 aromatic heterocycles. The van der Waals surface area contributed by atoms with Crippen molar-refractivity contribution in [2.75, 3.05) is 12.0 Å². The van der Waals surface area contributed by atoms with Gasteiger partial charge in [-0.2, -0.15) is 11.8 Å². The summed E-state index contributed by atoms with van der Waals surface area (Å²) in [6.07, 6.45) is 5.23. The van der Waals surface area contributed by atoms with Gasteiger partial charge >= 0.3 is 0 Å². The van der Waals surface area contributed by atoms with E-state index in [-0.39, 0.29) is 17.4 Å². The molecular weight excluding hydrogens is 258 g/mol. The summed E-state index contributed by atoms with van der Waals surface area (Å²) in [7, 11) is 0. The SMILES string of the molecule is CSCC[C@@H](O)C(=O)N[C@@H]1C[C@@H]2CC[C@@]1(C)C2(C)C. The van der Waals surface area contributed by atoms with E-state index in [1.807, 2.05) is 6.26 Å². The minimum Gasteiger partial charge on any atom is -0.383 e. The van der Waals surface area contributed by atoms with E-state index < -0.39 is 6.10 Å². The summed E-state index contributed by atoms with van der Waals surface area (Å²) in [5.41, 5.74) is 0.488. The lowest BCUT2D eigenvalue weighted by atomic mass is 9.69. The van der Waals surface area contributed by atoms with Crippen LogP contribution in [-0.4, -0.2) is 35.2 Å². The Morgan fingerprint density at radius 1 is 1.47 bits per heavy atom. The van der Waals surface area contributed by atoms with Gasteiger partial charge in [0.1, 0.15) is 6.10 Å². The minimum absolute atomic E-state index is 0.177. The standard InChI is InChI=1S/C15H27NO2S/c1-14(2)10-5-7-15(14,3)12(9-10)16-13(18)11(17)6-8-19-4/h10-12,17H,5-9H2,1-4H3,(H,16,18)/t10-,11+,12+,15+/m0/s1. The van der Waals surface area contributed by atoms with E-state index in [0.29, 0.717) is 17.8 Å². The fourth-order valence-corrected chi connectivity index (χ4v) is 4.51. The van der Waals surface area contributed by atoms with Gasteiger partial charge in [0.2, 0.25) is 5.91 Å². The maximum atomic E-state index is 12.1. The summed E-state index contributed by atoms with van der Waals surface area (Å²) in [5.74, 6) is 1.36. The fraction of sp³-hybridized carbons (Fsp3) is 0.933. The zero-order chi connectivity index (χ0) is 14.3. The molecule has 2 saturated carbocycles. The Morgan fingerprint density at radius 3 is 2.63 bits per heavy atom. The van der Waals surface area contributed by atoms with E-state index >= 15 is 0 Å². The van der Waals surface area contributed by atoms with Crippen molar-refractivity contribution in [3.05, 3.63) is 0 Å². The first-order valence-electron chi connectivity index (χ1n) is 7.30. The summed E-state index contributed by atoms with van der Waals surface area (Å²) < 4.78 is 0. The predicted octanol–water partition coefficient (Wildman–Crippen LogP) is 2.43. The van der Waals surface area contributed by atoms with Crippen molar-refractivity contribution in [1.82, 2.24) is 5.32 Å². The molecule has 1 amide bonds. The van der Waals surface area contributed by atoms with Gasteiger partial charge in [-0.1, -0.05) is 20.8 Å². The van der Waals surface area contributed by atoms with Gasteiger partial charge in [-0.05, 0) is 54.4 Å². The quantitative estimate of drug-likeness (QED) is 0.815. The van der Waals surface area contributed by atoms with Crippen molar-refractivity contribution in [2.45, 2.75) is 58.6 Å². The number of carbonyl (C=O) groups is 1. The van der Waals surface area contributed by atoms with Crippen molar-refractivity contribution in [3.63, 3.8) is 0 Å². The Morgan fingerprint density at radius 2 is 2.16 bits per heavy atom. The van der Waals surface area contributed by atoms with Crippen LogP contribution < -0.4 is 5.32 Å². The maximum absolute atomic E-state index is 12.1. The van der Waals surface area contributed by atoms with E-state index in [0.717, 1.165) is 12.2 Å². The number of hydrogen-bond acceptors (Lipinski definition) is 3. The second kappa shape index (κ2) is 5.28. The molecule has 0 radical (unpaired) electrons. The van der Waals surface area contributed by atoms with Crippen LogP contribution in [0, 0.1) is 16.7 Å². The van der Waals surface area contributed by atoms with Gasteiger partial charge in [-0.3, -0.25) is 4.79 Å². The summed E-state index contributed by atoms with van der Waals surface area (Å²) in [6, 6.07) is 0.234. The van der Waals surface area contributed by atoms with Gasteiger partial charge in [0.25, 0.3) is 0 Å². The molecule has 0 aromatic rings. The first kappa shape index (κ1) is 15.2. The highest BCUT2D eigenvalue weighted by molar-refractivity contribution is 7.98. The zero-order valence-electron chi connectivity index (χ0n) is 12.5. The molecule has 0 spiro atoms. The normalized spacial score (nSPS) is 37.3. The van der Waals surface area contributed by atoms with Gasteiger partial charge < -0.3 is 10.4 Å². The lowest BCUT2D eigenvalue weighted by Gasteiger charge is -2.39. The zero-order valence-corrected chi connectivity index (χ0v) is 13.3. The largest absolute Gasteiger partial charge is 0.383 e. The molecule has 2 fully saturated rings. The van der Waals surface area contributed by atoms with E-state index in [1.54, 1.807) is 11.8 Å². The third-order valence-corrected chi connectivity index (χ3v) is 6.65. The smallest absolute Gasteiger partial charge is 0.249 e. The number of aliphatic hydroxyl groups is 1. The number of thioether (sulfide) groups is 1. The molecule has 0 heterocycles. The second-order valence-electron chi connectivity index (χ2n) is 6.97. The van der Waals surface area contributed by atoms with E-state index in [4.69, 9.17) is 0 Å². The van der Waals surface area contributed by atoms with Crippen LogP contribution in [0.25, 0.3) is 0 Å². The fourth-order valence-electron chi connectivity index (χ4n) is 4.05. The van der Waals surface area contributed by atoms with Crippen LogP contribution in [0.3, 0.4) is 0 Å². The van der Waals surface area contributed by atoms with Crippen LogP contribution in [0.15, 0.2) is 0 Å². The molecule has 0 unspecified atom stereocenters. The summed E-state index contributed by atoms with van der Waals surface area (Å²) >= 11 is 1.66. The Kier molecular flexibility index (Phi) is 4.22. The lowest BCUT2D eigenvalue weighted by Crippen LogP contribution is -2.49. The van der Waals surface area contributed by atoms with Crippen LogP contribution in [0.4, 0.5) is 0 Å². The number of amides is 1. The van der Waals surface area contributed by atoms with Crippen LogP contribution in [0.2, 0.25) is 0 Å². The molecule has 2 N–H and O–H groups in total. The van der Waals surface area contributed by atoms with Crippen LogP contribution in [0.1, 0.15) is 46.5 Å². The Labute approximate surface area is 120 Å². The van der Waals surface area contributed by atoms with Crippen LogP contribution in [-0.2, 0) is 4.79 Å². The molecule has 2 aliphatic rings.